The molecule has 0 aliphatic rings. The predicted octanol–water partition coefficient (Wildman–Crippen LogP) is 1.30. The third kappa shape index (κ3) is 6.42. The predicted molar refractivity (Wildman–Crippen MR) is 39.8 cm³/mol. The monoisotopic (exact) mass is 185 g/mol. The molecule has 0 aromatic carbocycles. The summed E-state index contributed by atoms with van der Waals surface area (Å²) < 4.78 is 35.1. The molecule has 0 radical (unpaired) electrons. The fourth-order valence-electron chi connectivity index (χ4n) is 0.880. The second-order valence-electron chi connectivity index (χ2n) is 3.14. The van der Waals surface area contributed by atoms with Crippen molar-refractivity contribution in [2.24, 2.45) is 0 Å². The van der Waals surface area contributed by atoms with Crippen molar-refractivity contribution >= 4 is 0 Å². The van der Waals surface area contributed by atoms with Crippen LogP contribution in [0, 0.1) is 0 Å². The van der Waals surface area contributed by atoms with Crippen molar-refractivity contribution < 1.29 is 18.3 Å². The van der Waals surface area contributed by atoms with E-state index in [2.05, 4.69) is 5.32 Å². The first-order valence-electron chi connectivity index (χ1n) is 3.70. The van der Waals surface area contributed by atoms with Crippen LogP contribution in [0.4, 0.5) is 13.2 Å². The van der Waals surface area contributed by atoms with Gasteiger partial charge in [-0.2, -0.15) is 13.2 Å². The minimum atomic E-state index is -4.18. The maximum atomic E-state index is 11.7. The number of halogens is 3. The Bertz CT molecular complexity index is 133. The lowest BCUT2D eigenvalue weighted by atomic mass is 10.0. The van der Waals surface area contributed by atoms with Crippen LogP contribution in [0.3, 0.4) is 0 Å². The van der Waals surface area contributed by atoms with Gasteiger partial charge in [0.1, 0.15) is 0 Å². The lowest BCUT2D eigenvalue weighted by molar-refractivity contribution is -0.145. The Morgan fingerprint density at radius 1 is 1.25 bits per heavy atom. The van der Waals surface area contributed by atoms with E-state index in [-0.39, 0.29) is 13.0 Å². The van der Waals surface area contributed by atoms with Gasteiger partial charge in [-0.1, -0.05) is 0 Å². The summed E-state index contributed by atoms with van der Waals surface area (Å²) in [5, 5.41) is 11.9. The van der Waals surface area contributed by atoms with Gasteiger partial charge in [0.15, 0.2) is 0 Å². The van der Waals surface area contributed by atoms with E-state index in [1.54, 1.807) is 7.05 Å². The zero-order valence-corrected chi connectivity index (χ0v) is 7.20. The zero-order valence-electron chi connectivity index (χ0n) is 7.20. The molecule has 2 nitrogen and oxygen atoms in total. The summed E-state index contributed by atoms with van der Waals surface area (Å²) in [7, 11) is 1.59. The minimum absolute atomic E-state index is 0.170. The molecular formula is C7H14F3NO. The molecule has 0 rings (SSSR count). The lowest BCUT2D eigenvalue weighted by Crippen LogP contribution is -2.37. The van der Waals surface area contributed by atoms with E-state index in [1.165, 1.54) is 6.92 Å². The summed E-state index contributed by atoms with van der Waals surface area (Å²) in [5.74, 6) is 0. The first kappa shape index (κ1) is 11.7. The Labute approximate surface area is 69.8 Å². The molecule has 12 heavy (non-hydrogen) atoms. The molecular weight excluding hydrogens is 171 g/mol. The molecule has 0 bridgehead atoms. The number of likely N-dealkylation sites (N-methyl/N-ethyl adjacent to an activating group) is 1. The first-order valence-corrected chi connectivity index (χ1v) is 3.70. The van der Waals surface area contributed by atoms with Crippen LogP contribution >= 0.6 is 0 Å². The molecule has 5 heteroatoms. The van der Waals surface area contributed by atoms with Crippen LogP contribution in [0.25, 0.3) is 0 Å². The highest BCUT2D eigenvalue weighted by atomic mass is 19.4. The average molecular weight is 185 g/mol. The summed E-state index contributed by atoms with van der Waals surface area (Å²) in [6.07, 6.45) is -5.39. The maximum absolute atomic E-state index is 11.7. The molecule has 0 heterocycles. The SMILES string of the molecule is CNCC(C)(O)CCC(F)(F)F. The van der Waals surface area contributed by atoms with Crippen LogP contribution in [0.2, 0.25) is 0 Å². The number of hydrogen-bond donors (Lipinski definition) is 2. The Morgan fingerprint density at radius 3 is 2.08 bits per heavy atom. The molecule has 0 aliphatic heterocycles. The molecule has 0 saturated heterocycles. The highest BCUT2D eigenvalue weighted by Crippen LogP contribution is 2.25. The fraction of sp³-hybridized carbons (Fsp3) is 1.00. The standard InChI is InChI=1S/C7H14F3NO/c1-6(12,5-11-2)3-4-7(8,9)10/h11-12H,3-5H2,1-2H3. The van der Waals surface area contributed by atoms with Crippen molar-refractivity contribution in [3.05, 3.63) is 0 Å². The van der Waals surface area contributed by atoms with E-state index in [0.717, 1.165) is 0 Å². The smallest absolute Gasteiger partial charge is 0.389 e. The summed E-state index contributed by atoms with van der Waals surface area (Å²) in [5.41, 5.74) is -1.27. The highest BCUT2D eigenvalue weighted by molar-refractivity contribution is 4.75. The second kappa shape index (κ2) is 4.09. The second-order valence-corrected chi connectivity index (χ2v) is 3.14. The summed E-state index contributed by atoms with van der Waals surface area (Å²) >= 11 is 0. The van der Waals surface area contributed by atoms with Gasteiger partial charge in [-0.05, 0) is 20.4 Å². The van der Waals surface area contributed by atoms with Gasteiger partial charge in [-0.15, -0.1) is 0 Å². The normalized spacial score (nSPS) is 17.5. The largest absolute Gasteiger partial charge is 0.389 e. The molecule has 0 aromatic rings. The van der Waals surface area contributed by atoms with Crippen molar-refractivity contribution in [2.45, 2.75) is 31.5 Å². The van der Waals surface area contributed by atoms with Crippen LogP contribution in [-0.4, -0.2) is 30.5 Å². The van der Waals surface area contributed by atoms with Crippen LogP contribution in [0.1, 0.15) is 19.8 Å². The van der Waals surface area contributed by atoms with Gasteiger partial charge in [0.2, 0.25) is 0 Å². The van der Waals surface area contributed by atoms with Crippen LogP contribution in [0.5, 0.6) is 0 Å². The van der Waals surface area contributed by atoms with E-state index < -0.39 is 18.2 Å². The molecule has 0 aliphatic carbocycles. The first-order chi connectivity index (χ1) is 5.27. The number of alkyl halides is 3. The van der Waals surface area contributed by atoms with Gasteiger partial charge in [0, 0.05) is 13.0 Å². The fourth-order valence-corrected chi connectivity index (χ4v) is 0.880. The van der Waals surface area contributed by atoms with Gasteiger partial charge >= 0.3 is 6.18 Å². The maximum Gasteiger partial charge on any atom is 0.389 e. The highest BCUT2D eigenvalue weighted by Gasteiger charge is 2.31. The van der Waals surface area contributed by atoms with Gasteiger partial charge in [-0.25, -0.2) is 0 Å². The van der Waals surface area contributed by atoms with Gasteiger partial charge in [0.25, 0.3) is 0 Å². The number of rotatable bonds is 4. The molecule has 0 spiro atoms. The van der Waals surface area contributed by atoms with Crippen molar-refractivity contribution in [3.8, 4) is 0 Å². The molecule has 0 fully saturated rings. The van der Waals surface area contributed by atoms with E-state index >= 15 is 0 Å². The third-order valence-corrected chi connectivity index (χ3v) is 1.50. The number of nitrogens with one attached hydrogen (secondary N) is 1. The molecule has 1 unspecified atom stereocenters. The van der Waals surface area contributed by atoms with Crippen molar-refractivity contribution in [2.75, 3.05) is 13.6 Å². The Morgan fingerprint density at radius 2 is 1.75 bits per heavy atom. The van der Waals surface area contributed by atoms with E-state index in [4.69, 9.17) is 0 Å². The van der Waals surface area contributed by atoms with E-state index in [1.807, 2.05) is 0 Å². The summed E-state index contributed by atoms with van der Waals surface area (Å²) in [4.78, 5) is 0. The van der Waals surface area contributed by atoms with Gasteiger partial charge in [0.05, 0.1) is 5.60 Å². The third-order valence-electron chi connectivity index (χ3n) is 1.50. The van der Waals surface area contributed by atoms with Crippen molar-refractivity contribution in [1.29, 1.82) is 0 Å². The zero-order chi connectivity index (χ0) is 9.83. The summed E-state index contributed by atoms with van der Waals surface area (Å²) in [6, 6.07) is 0. The minimum Gasteiger partial charge on any atom is -0.389 e. The van der Waals surface area contributed by atoms with Crippen LogP contribution in [-0.2, 0) is 0 Å². The Hall–Kier alpha value is -0.290. The topological polar surface area (TPSA) is 32.3 Å². The Balaban J connectivity index is 3.75. The average Bonchev–Trinajstić information content (AvgIpc) is 1.83. The quantitative estimate of drug-likeness (QED) is 0.692. The van der Waals surface area contributed by atoms with Crippen molar-refractivity contribution in [1.82, 2.24) is 5.32 Å². The van der Waals surface area contributed by atoms with Crippen LogP contribution < -0.4 is 5.32 Å². The summed E-state index contributed by atoms with van der Waals surface area (Å²) in [6.45, 7) is 1.55. The van der Waals surface area contributed by atoms with Crippen molar-refractivity contribution in [3.63, 3.8) is 0 Å². The van der Waals surface area contributed by atoms with E-state index in [9.17, 15) is 18.3 Å². The molecule has 0 saturated carbocycles. The van der Waals surface area contributed by atoms with Gasteiger partial charge < -0.3 is 10.4 Å². The van der Waals surface area contributed by atoms with Gasteiger partial charge in [-0.3, -0.25) is 0 Å². The molecule has 0 amide bonds. The number of hydrogen-bond acceptors (Lipinski definition) is 2. The lowest BCUT2D eigenvalue weighted by Gasteiger charge is -2.23. The molecule has 74 valence electrons. The van der Waals surface area contributed by atoms with Crippen LogP contribution in [0.15, 0.2) is 0 Å². The van der Waals surface area contributed by atoms with E-state index in [0.29, 0.717) is 0 Å². The Kier molecular flexibility index (Phi) is 3.99. The molecule has 1 atom stereocenters. The number of aliphatic hydroxyl groups is 1. The molecule has 0 aromatic heterocycles. The molecule has 2 N–H and O–H groups in total.